The fourth-order valence-corrected chi connectivity index (χ4v) is 3.31. The van der Waals surface area contributed by atoms with Crippen LogP contribution in [0, 0.1) is 6.92 Å². The molecule has 3 aromatic rings. The van der Waals surface area contributed by atoms with Crippen molar-refractivity contribution in [3.05, 3.63) is 95.1 Å². The van der Waals surface area contributed by atoms with Crippen LogP contribution in [0.4, 0.5) is 11.4 Å². The van der Waals surface area contributed by atoms with E-state index in [0.717, 1.165) is 16.8 Å². The zero-order chi connectivity index (χ0) is 21.7. The summed E-state index contributed by atoms with van der Waals surface area (Å²) >= 11 is 0. The average molecular weight is 402 g/mol. The molecule has 0 aliphatic carbocycles. The second-order valence-corrected chi connectivity index (χ2v) is 7.50. The Morgan fingerprint density at radius 3 is 2.17 bits per heavy atom. The summed E-state index contributed by atoms with van der Waals surface area (Å²) in [6, 6.07) is 22.5. The van der Waals surface area contributed by atoms with Crippen LogP contribution in [0.15, 0.2) is 72.8 Å². The molecule has 0 saturated carbocycles. The van der Waals surface area contributed by atoms with E-state index >= 15 is 0 Å². The Hall–Kier alpha value is -3.60. The van der Waals surface area contributed by atoms with E-state index in [4.69, 9.17) is 0 Å². The molecule has 3 aromatic carbocycles. The molecule has 2 amide bonds. The quantitative estimate of drug-likeness (QED) is 0.623. The van der Waals surface area contributed by atoms with Gasteiger partial charge in [0, 0.05) is 31.0 Å². The second-order valence-electron chi connectivity index (χ2n) is 7.50. The number of aryl methyl sites for hydroxylation is 1. The lowest BCUT2D eigenvalue weighted by atomic mass is 10.1. The summed E-state index contributed by atoms with van der Waals surface area (Å²) in [6.07, 6.45) is 0. The van der Waals surface area contributed by atoms with Crippen molar-refractivity contribution < 1.29 is 9.59 Å². The minimum atomic E-state index is -0.199. The smallest absolute Gasteiger partial charge is 0.255 e. The van der Waals surface area contributed by atoms with E-state index in [9.17, 15) is 9.59 Å². The van der Waals surface area contributed by atoms with E-state index in [1.165, 1.54) is 0 Å². The number of rotatable bonds is 6. The lowest BCUT2D eigenvalue weighted by Gasteiger charge is -2.20. The van der Waals surface area contributed by atoms with E-state index in [1.807, 2.05) is 93.5 Å². The number of carbonyl (C=O) groups is 2. The maximum Gasteiger partial charge on any atom is 0.255 e. The van der Waals surface area contributed by atoms with Crippen molar-refractivity contribution in [2.24, 2.45) is 0 Å². The average Bonchev–Trinajstić information content (AvgIpc) is 2.74. The van der Waals surface area contributed by atoms with E-state index in [-0.39, 0.29) is 17.9 Å². The maximum atomic E-state index is 13.1. The molecule has 0 aliphatic rings. The Morgan fingerprint density at radius 1 is 0.833 bits per heavy atom. The molecular formula is C25H27N3O2. The van der Waals surface area contributed by atoms with Gasteiger partial charge in [-0.05, 0) is 49.2 Å². The molecule has 154 valence electrons. The zero-order valence-electron chi connectivity index (χ0n) is 17.8. The molecule has 0 fully saturated rings. The Labute approximate surface area is 177 Å². The number of hydrogen-bond acceptors (Lipinski definition) is 3. The summed E-state index contributed by atoms with van der Waals surface area (Å²) in [5.41, 5.74) is 4.40. The van der Waals surface area contributed by atoms with Gasteiger partial charge < -0.3 is 15.5 Å². The van der Waals surface area contributed by atoms with Crippen molar-refractivity contribution in [3.8, 4) is 0 Å². The first kappa shape index (κ1) is 21.1. The normalized spacial score (nSPS) is 11.5. The van der Waals surface area contributed by atoms with Crippen LogP contribution >= 0.6 is 0 Å². The summed E-state index contributed by atoms with van der Waals surface area (Å²) in [6.45, 7) is 3.85. The highest BCUT2D eigenvalue weighted by molar-refractivity contribution is 6.07. The molecule has 5 nitrogen and oxygen atoms in total. The number of nitrogens with zero attached hydrogens (tertiary/aromatic N) is 1. The lowest BCUT2D eigenvalue weighted by molar-refractivity contribution is 0.0939. The van der Waals surface area contributed by atoms with E-state index < -0.39 is 0 Å². The monoisotopic (exact) mass is 401 g/mol. The predicted octanol–water partition coefficient (Wildman–Crippen LogP) is 4.80. The number of nitrogens with one attached hydrogen (secondary N) is 2. The predicted molar refractivity (Wildman–Crippen MR) is 122 cm³/mol. The molecule has 0 spiro atoms. The molecule has 0 aromatic heterocycles. The number of carbonyl (C=O) groups excluding carboxylic acids is 2. The highest BCUT2D eigenvalue weighted by Gasteiger charge is 2.18. The van der Waals surface area contributed by atoms with Crippen molar-refractivity contribution in [3.63, 3.8) is 0 Å². The largest absolute Gasteiger partial charge is 0.377 e. The summed E-state index contributed by atoms with van der Waals surface area (Å²) in [5.74, 6) is -0.392. The SMILES string of the molecule is Cc1ccccc1C(=O)Nc1ccc(N(C)C)c(C(=O)NC(C)c2ccccc2)c1. The zero-order valence-corrected chi connectivity index (χ0v) is 17.8. The number of anilines is 2. The molecule has 3 rings (SSSR count). The first-order valence-electron chi connectivity index (χ1n) is 9.91. The van der Waals surface area contributed by atoms with Gasteiger partial charge >= 0.3 is 0 Å². The topological polar surface area (TPSA) is 61.4 Å². The van der Waals surface area contributed by atoms with Crippen LogP contribution in [0.1, 0.15) is 44.8 Å². The molecule has 0 bridgehead atoms. The third-order valence-electron chi connectivity index (χ3n) is 5.02. The summed E-state index contributed by atoms with van der Waals surface area (Å²) < 4.78 is 0. The van der Waals surface area contributed by atoms with Gasteiger partial charge in [-0.15, -0.1) is 0 Å². The second kappa shape index (κ2) is 9.27. The third-order valence-corrected chi connectivity index (χ3v) is 5.02. The van der Waals surface area contributed by atoms with E-state index in [2.05, 4.69) is 10.6 Å². The molecule has 0 heterocycles. The molecule has 0 aliphatic heterocycles. The van der Waals surface area contributed by atoms with Gasteiger partial charge in [-0.25, -0.2) is 0 Å². The third kappa shape index (κ3) is 4.87. The van der Waals surface area contributed by atoms with Crippen LogP contribution in [-0.2, 0) is 0 Å². The lowest BCUT2D eigenvalue weighted by Crippen LogP contribution is -2.28. The molecular weight excluding hydrogens is 374 g/mol. The molecule has 30 heavy (non-hydrogen) atoms. The van der Waals surface area contributed by atoms with Gasteiger partial charge in [-0.3, -0.25) is 9.59 Å². The Bertz CT molecular complexity index is 1050. The van der Waals surface area contributed by atoms with Crippen LogP contribution < -0.4 is 15.5 Å². The molecule has 0 saturated heterocycles. The molecule has 1 atom stereocenters. The van der Waals surface area contributed by atoms with Crippen LogP contribution in [0.5, 0.6) is 0 Å². The number of amides is 2. The standard InChI is InChI=1S/C25H27N3O2/c1-17-10-8-9-13-21(17)24(29)27-20-14-15-23(28(3)4)22(16-20)25(30)26-18(2)19-11-6-5-7-12-19/h5-16,18H,1-4H3,(H,26,30)(H,27,29). The molecule has 2 N–H and O–H groups in total. The van der Waals surface area contributed by atoms with Gasteiger partial charge in [0.25, 0.3) is 11.8 Å². The fraction of sp³-hybridized carbons (Fsp3) is 0.200. The van der Waals surface area contributed by atoms with Crippen LogP contribution in [-0.4, -0.2) is 25.9 Å². The van der Waals surface area contributed by atoms with Crippen LogP contribution in [0.3, 0.4) is 0 Å². The van der Waals surface area contributed by atoms with E-state index in [1.54, 1.807) is 12.1 Å². The van der Waals surface area contributed by atoms with E-state index in [0.29, 0.717) is 16.8 Å². The number of hydrogen-bond donors (Lipinski definition) is 2. The number of benzene rings is 3. The molecule has 1 unspecified atom stereocenters. The van der Waals surface area contributed by atoms with Crippen molar-refractivity contribution in [1.29, 1.82) is 0 Å². The maximum absolute atomic E-state index is 13.1. The minimum absolute atomic E-state index is 0.140. The van der Waals surface area contributed by atoms with Gasteiger partial charge in [0.2, 0.25) is 0 Å². The minimum Gasteiger partial charge on any atom is -0.377 e. The fourth-order valence-electron chi connectivity index (χ4n) is 3.31. The van der Waals surface area contributed by atoms with Crippen molar-refractivity contribution in [1.82, 2.24) is 5.32 Å². The Balaban J connectivity index is 1.85. The van der Waals surface area contributed by atoms with Gasteiger partial charge in [0.05, 0.1) is 11.6 Å². The van der Waals surface area contributed by atoms with Crippen molar-refractivity contribution in [2.75, 3.05) is 24.3 Å². The van der Waals surface area contributed by atoms with Crippen LogP contribution in [0.25, 0.3) is 0 Å². The molecule has 0 radical (unpaired) electrons. The van der Waals surface area contributed by atoms with Crippen LogP contribution in [0.2, 0.25) is 0 Å². The Kier molecular flexibility index (Phi) is 6.52. The summed E-state index contributed by atoms with van der Waals surface area (Å²) in [5, 5.41) is 5.96. The highest BCUT2D eigenvalue weighted by atomic mass is 16.2. The van der Waals surface area contributed by atoms with Crippen molar-refractivity contribution in [2.45, 2.75) is 19.9 Å². The first-order valence-corrected chi connectivity index (χ1v) is 9.91. The molecule has 5 heteroatoms. The Morgan fingerprint density at radius 2 is 1.50 bits per heavy atom. The van der Waals surface area contributed by atoms with Gasteiger partial charge in [-0.2, -0.15) is 0 Å². The summed E-state index contributed by atoms with van der Waals surface area (Å²) in [7, 11) is 3.77. The first-order chi connectivity index (χ1) is 14.4. The van der Waals surface area contributed by atoms with Gasteiger partial charge in [-0.1, -0.05) is 48.5 Å². The van der Waals surface area contributed by atoms with Gasteiger partial charge in [0.15, 0.2) is 0 Å². The summed E-state index contributed by atoms with van der Waals surface area (Å²) in [4.78, 5) is 27.6. The van der Waals surface area contributed by atoms with Crippen molar-refractivity contribution >= 4 is 23.2 Å². The highest BCUT2D eigenvalue weighted by Crippen LogP contribution is 2.25. The van der Waals surface area contributed by atoms with Gasteiger partial charge in [0.1, 0.15) is 0 Å².